The molecule has 90 valence electrons. The van der Waals surface area contributed by atoms with Crippen molar-refractivity contribution in [2.45, 2.75) is 57.2 Å². The number of hydrogen-bond acceptors (Lipinski definition) is 2. The van der Waals surface area contributed by atoms with Crippen molar-refractivity contribution in [1.29, 1.82) is 0 Å². The van der Waals surface area contributed by atoms with Gasteiger partial charge in [-0.3, -0.25) is 4.79 Å². The van der Waals surface area contributed by atoms with Crippen molar-refractivity contribution < 1.29 is 4.79 Å². The Balaban J connectivity index is 1.74. The van der Waals surface area contributed by atoms with Gasteiger partial charge in [-0.05, 0) is 32.6 Å². The van der Waals surface area contributed by atoms with Crippen molar-refractivity contribution in [3.05, 3.63) is 12.7 Å². The molecule has 1 saturated heterocycles. The van der Waals surface area contributed by atoms with Crippen molar-refractivity contribution in [2.75, 3.05) is 6.54 Å². The van der Waals surface area contributed by atoms with Gasteiger partial charge in [0.2, 0.25) is 5.91 Å². The van der Waals surface area contributed by atoms with Crippen LogP contribution in [0.25, 0.3) is 0 Å². The minimum Gasteiger partial charge on any atom is -0.338 e. The smallest absolute Gasteiger partial charge is 0.224 e. The molecule has 0 aromatic heterocycles. The van der Waals surface area contributed by atoms with Crippen molar-refractivity contribution in [2.24, 2.45) is 0 Å². The summed E-state index contributed by atoms with van der Waals surface area (Å²) in [5.41, 5.74) is 0. The fourth-order valence-electron chi connectivity index (χ4n) is 2.44. The SMILES string of the molecule is C=CCCC(C)NC1CC(=O)N(C2CC2)C1. The maximum absolute atomic E-state index is 11.7. The van der Waals surface area contributed by atoms with Gasteiger partial charge in [-0.15, -0.1) is 6.58 Å². The Morgan fingerprint density at radius 1 is 1.62 bits per heavy atom. The lowest BCUT2D eigenvalue weighted by atomic mass is 10.1. The van der Waals surface area contributed by atoms with Gasteiger partial charge >= 0.3 is 0 Å². The van der Waals surface area contributed by atoms with Crippen LogP contribution in [0.15, 0.2) is 12.7 Å². The number of carbonyl (C=O) groups is 1. The van der Waals surface area contributed by atoms with E-state index in [-0.39, 0.29) is 0 Å². The van der Waals surface area contributed by atoms with E-state index in [2.05, 4.69) is 23.7 Å². The molecule has 3 heteroatoms. The molecule has 2 rings (SSSR count). The Morgan fingerprint density at radius 3 is 3.00 bits per heavy atom. The molecule has 2 aliphatic rings. The summed E-state index contributed by atoms with van der Waals surface area (Å²) in [6.07, 6.45) is 7.22. The lowest BCUT2D eigenvalue weighted by molar-refractivity contribution is -0.128. The van der Waals surface area contributed by atoms with Crippen LogP contribution >= 0.6 is 0 Å². The van der Waals surface area contributed by atoms with E-state index >= 15 is 0 Å². The number of carbonyl (C=O) groups excluding carboxylic acids is 1. The molecule has 2 unspecified atom stereocenters. The first kappa shape index (κ1) is 11.6. The van der Waals surface area contributed by atoms with Crippen LogP contribution < -0.4 is 5.32 Å². The summed E-state index contributed by atoms with van der Waals surface area (Å²) in [6.45, 7) is 6.84. The van der Waals surface area contributed by atoms with Gasteiger partial charge in [-0.2, -0.15) is 0 Å². The van der Waals surface area contributed by atoms with E-state index in [1.54, 1.807) is 0 Å². The number of rotatable bonds is 6. The molecule has 0 bridgehead atoms. The second-order valence-corrected chi connectivity index (χ2v) is 5.11. The van der Waals surface area contributed by atoms with E-state index in [4.69, 9.17) is 0 Å². The highest BCUT2D eigenvalue weighted by Gasteiger charge is 2.39. The molecule has 0 aromatic carbocycles. The molecule has 1 aliphatic heterocycles. The van der Waals surface area contributed by atoms with E-state index in [1.807, 2.05) is 6.08 Å². The molecule has 3 nitrogen and oxygen atoms in total. The Hall–Kier alpha value is -0.830. The fourth-order valence-corrected chi connectivity index (χ4v) is 2.44. The molecule has 1 heterocycles. The summed E-state index contributed by atoms with van der Waals surface area (Å²) in [7, 11) is 0. The van der Waals surface area contributed by atoms with Crippen LogP contribution in [0.2, 0.25) is 0 Å². The molecule has 16 heavy (non-hydrogen) atoms. The first-order valence-corrected chi connectivity index (χ1v) is 6.37. The van der Waals surface area contributed by atoms with E-state index in [1.165, 1.54) is 12.8 Å². The Bertz CT molecular complexity index is 273. The zero-order chi connectivity index (χ0) is 11.5. The lowest BCUT2D eigenvalue weighted by Crippen LogP contribution is -2.38. The molecule has 1 saturated carbocycles. The molecule has 2 fully saturated rings. The van der Waals surface area contributed by atoms with Crippen LogP contribution in [0.5, 0.6) is 0 Å². The minimum atomic E-state index is 0.343. The van der Waals surface area contributed by atoms with Gasteiger partial charge in [0, 0.05) is 31.1 Å². The van der Waals surface area contributed by atoms with Gasteiger partial charge in [0.1, 0.15) is 0 Å². The average Bonchev–Trinajstić information content (AvgIpc) is 3.01. The van der Waals surface area contributed by atoms with Crippen LogP contribution in [0.1, 0.15) is 39.0 Å². The first-order chi connectivity index (χ1) is 7.70. The molecule has 1 amide bonds. The van der Waals surface area contributed by atoms with Crippen LogP contribution in [0.3, 0.4) is 0 Å². The zero-order valence-electron chi connectivity index (χ0n) is 10.1. The van der Waals surface area contributed by atoms with E-state index in [0.29, 0.717) is 30.5 Å². The predicted octanol–water partition coefficient (Wildman–Crippen LogP) is 1.69. The summed E-state index contributed by atoms with van der Waals surface area (Å²) >= 11 is 0. The monoisotopic (exact) mass is 222 g/mol. The van der Waals surface area contributed by atoms with Gasteiger partial charge < -0.3 is 10.2 Å². The Labute approximate surface area is 97.9 Å². The zero-order valence-corrected chi connectivity index (χ0v) is 10.1. The molecule has 0 radical (unpaired) electrons. The van der Waals surface area contributed by atoms with Crippen molar-refractivity contribution in [3.8, 4) is 0 Å². The summed E-state index contributed by atoms with van der Waals surface area (Å²) < 4.78 is 0. The van der Waals surface area contributed by atoms with Crippen molar-refractivity contribution in [1.82, 2.24) is 10.2 Å². The second-order valence-electron chi connectivity index (χ2n) is 5.11. The third-order valence-electron chi connectivity index (χ3n) is 3.47. The molecule has 2 atom stereocenters. The summed E-state index contributed by atoms with van der Waals surface area (Å²) in [4.78, 5) is 13.8. The topological polar surface area (TPSA) is 32.3 Å². The summed E-state index contributed by atoms with van der Waals surface area (Å²) in [5, 5.41) is 3.55. The van der Waals surface area contributed by atoms with Crippen LogP contribution in [-0.2, 0) is 4.79 Å². The number of nitrogens with zero attached hydrogens (tertiary/aromatic N) is 1. The lowest BCUT2D eigenvalue weighted by Gasteiger charge is -2.19. The number of nitrogens with one attached hydrogen (secondary N) is 1. The quantitative estimate of drug-likeness (QED) is 0.694. The van der Waals surface area contributed by atoms with Gasteiger partial charge in [-0.25, -0.2) is 0 Å². The van der Waals surface area contributed by atoms with E-state index in [9.17, 15) is 4.79 Å². The minimum absolute atomic E-state index is 0.343. The van der Waals surface area contributed by atoms with Crippen LogP contribution in [0, 0.1) is 0 Å². The highest BCUT2D eigenvalue weighted by atomic mass is 16.2. The molecular weight excluding hydrogens is 200 g/mol. The van der Waals surface area contributed by atoms with Gasteiger partial charge in [0.05, 0.1) is 0 Å². The maximum atomic E-state index is 11.7. The highest BCUT2D eigenvalue weighted by Crippen LogP contribution is 2.30. The largest absolute Gasteiger partial charge is 0.338 e. The average molecular weight is 222 g/mol. The van der Waals surface area contributed by atoms with Gasteiger partial charge in [0.25, 0.3) is 0 Å². The Kier molecular flexibility index (Phi) is 3.64. The molecule has 0 spiro atoms. The fraction of sp³-hybridized carbons (Fsp3) is 0.769. The number of likely N-dealkylation sites (tertiary alicyclic amines) is 1. The second kappa shape index (κ2) is 5.00. The number of hydrogen-bond donors (Lipinski definition) is 1. The third kappa shape index (κ3) is 2.85. The normalized spacial score (nSPS) is 27.2. The van der Waals surface area contributed by atoms with Crippen molar-refractivity contribution in [3.63, 3.8) is 0 Å². The van der Waals surface area contributed by atoms with Crippen molar-refractivity contribution >= 4 is 5.91 Å². The number of amides is 1. The molecule has 0 aromatic rings. The van der Waals surface area contributed by atoms with Gasteiger partial charge in [0.15, 0.2) is 0 Å². The van der Waals surface area contributed by atoms with Gasteiger partial charge in [-0.1, -0.05) is 6.08 Å². The van der Waals surface area contributed by atoms with E-state index in [0.717, 1.165) is 19.4 Å². The summed E-state index contributed by atoms with van der Waals surface area (Å²) in [6, 6.07) is 1.42. The van der Waals surface area contributed by atoms with Crippen LogP contribution in [0.4, 0.5) is 0 Å². The van der Waals surface area contributed by atoms with E-state index < -0.39 is 0 Å². The highest BCUT2D eigenvalue weighted by molar-refractivity contribution is 5.80. The third-order valence-corrected chi connectivity index (χ3v) is 3.47. The number of allylic oxidation sites excluding steroid dienone is 1. The van der Waals surface area contributed by atoms with Crippen LogP contribution in [-0.4, -0.2) is 35.5 Å². The maximum Gasteiger partial charge on any atom is 0.224 e. The first-order valence-electron chi connectivity index (χ1n) is 6.37. The summed E-state index contributed by atoms with van der Waals surface area (Å²) in [5.74, 6) is 0.343. The Morgan fingerprint density at radius 2 is 2.38 bits per heavy atom. The predicted molar refractivity (Wildman–Crippen MR) is 65.2 cm³/mol. The molecular formula is C13H22N2O. The molecule has 1 N–H and O–H groups in total. The molecule has 1 aliphatic carbocycles. The standard InChI is InChI=1S/C13H22N2O/c1-3-4-5-10(2)14-11-8-13(16)15(9-11)12-6-7-12/h3,10-12,14H,1,4-9H2,2H3.